The molecule has 7 heteroatoms. The lowest BCUT2D eigenvalue weighted by atomic mass is 9.79. The van der Waals surface area contributed by atoms with Gasteiger partial charge in [0.1, 0.15) is 11.3 Å². The third-order valence-electron chi connectivity index (χ3n) is 10.9. The van der Waals surface area contributed by atoms with E-state index in [4.69, 9.17) is 4.98 Å². The third kappa shape index (κ3) is 8.42. The van der Waals surface area contributed by atoms with Crippen LogP contribution >= 0.6 is 0 Å². The molecule has 1 amide bonds. The number of fused-ring (bicyclic) bond motifs is 1. The van der Waals surface area contributed by atoms with Crippen molar-refractivity contribution in [2.24, 2.45) is 11.8 Å². The molecule has 268 valence electrons. The molecule has 52 heavy (non-hydrogen) atoms. The van der Waals surface area contributed by atoms with E-state index >= 15 is 0 Å². The second-order valence-corrected chi connectivity index (χ2v) is 15.2. The van der Waals surface area contributed by atoms with Gasteiger partial charge in [0.25, 0.3) is 5.91 Å². The Labute approximate surface area is 309 Å². The molecule has 2 unspecified atom stereocenters. The maximum absolute atomic E-state index is 14.3. The zero-order valence-electron chi connectivity index (χ0n) is 31.2. The van der Waals surface area contributed by atoms with Crippen LogP contribution in [-0.2, 0) is 13.0 Å². The van der Waals surface area contributed by atoms with Crippen LogP contribution in [-0.4, -0.2) is 60.9 Å². The number of allylic oxidation sites excluding steroid dienone is 1. The summed E-state index contributed by atoms with van der Waals surface area (Å²) in [7, 11) is 0. The molecule has 0 radical (unpaired) electrons. The number of nitrogens with zero attached hydrogens (tertiary/aromatic N) is 6. The molecule has 1 saturated heterocycles. The molecule has 4 heterocycles. The Morgan fingerprint density at radius 2 is 1.60 bits per heavy atom. The first-order valence-electron chi connectivity index (χ1n) is 19.1. The second kappa shape index (κ2) is 16.2. The van der Waals surface area contributed by atoms with Crippen LogP contribution in [0.25, 0.3) is 16.6 Å². The molecule has 7 rings (SSSR count). The van der Waals surface area contributed by atoms with Crippen LogP contribution in [0.1, 0.15) is 90.2 Å². The zero-order valence-corrected chi connectivity index (χ0v) is 31.2. The van der Waals surface area contributed by atoms with Gasteiger partial charge in [0, 0.05) is 54.8 Å². The van der Waals surface area contributed by atoms with E-state index in [9.17, 15) is 4.79 Å². The molecular formula is C45H52N6O. The number of pyridine rings is 2. The minimum absolute atomic E-state index is 0.0534. The summed E-state index contributed by atoms with van der Waals surface area (Å²) >= 11 is 0. The molecule has 3 aromatic heterocycles. The van der Waals surface area contributed by atoms with Gasteiger partial charge in [-0.25, -0.2) is 4.98 Å². The number of amides is 1. The summed E-state index contributed by atoms with van der Waals surface area (Å²) in [6.45, 7) is 12.7. The normalized spacial score (nSPS) is 19.8. The molecule has 1 aliphatic carbocycles. The van der Waals surface area contributed by atoms with Gasteiger partial charge in [-0.15, -0.1) is 0 Å². The molecule has 5 aromatic rings. The molecule has 1 saturated carbocycles. The van der Waals surface area contributed by atoms with Gasteiger partial charge in [-0.2, -0.15) is 0 Å². The number of benzene rings is 2. The van der Waals surface area contributed by atoms with E-state index in [1.807, 2.05) is 36.2 Å². The minimum atomic E-state index is 0.0534. The Kier molecular flexibility index (Phi) is 11.1. The Bertz CT molecular complexity index is 2030. The lowest BCUT2D eigenvalue weighted by molar-refractivity contribution is 0.0685. The molecule has 0 bridgehead atoms. The van der Waals surface area contributed by atoms with Gasteiger partial charge in [0.15, 0.2) is 0 Å². The Morgan fingerprint density at radius 3 is 2.35 bits per heavy atom. The number of aryl methyl sites for hydroxylation is 2. The van der Waals surface area contributed by atoms with E-state index in [1.165, 1.54) is 36.0 Å². The average Bonchev–Trinajstić information content (AvgIpc) is 3.78. The molecule has 0 N–H and O–H groups in total. The SMILES string of the molecule is Cc1ccc(C(=CCN2CCCC2)c2cccc(CC=CN(C(=O)c3ccc(Cn4c(C)nc5cnccc54)cc3)C3CC(C)CC(C)C3)n2)cc1. The number of hydrogen-bond donors (Lipinski definition) is 0. The maximum Gasteiger partial charge on any atom is 0.258 e. The molecule has 0 spiro atoms. The van der Waals surface area contributed by atoms with Crippen molar-refractivity contribution in [2.75, 3.05) is 19.6 Å². The van der Waals surface area contributed by atoms with E-state index in [0.717, 1.165) is 66.3 Å². The Balaban J connectivity index is 1.10. The van der Waals surface area contributed by atoms with Gasteiger partial charge in [-0.05, 0) is 112 Å². The van der Waals surface area contributed by atoms with Crippen LogP contribution in [0.3, 0.4) is 0 Å². The van der Waals surface area contributed by atoms with E-state index in [0.29, 0.717) is 30.4 Å². The summed E-state index contributed by atoms with van der Waals surface area (Å²) < 4.78 is 2.20. The fourth-order valence-electron chi connectivity index (χ4n) is 8.19. The summed E-state index contributed by atoms with van der Waals surface area (Å²) in [4.78, 5) is 32.9. The lowest BCUT2D eigenvalue weighted by Gasteiger charge is -2.37. The van der Waals surface area contributed by atoms with Gasteiger partial charge in [-0.1, -0.05) is 74.0 Å². The number of carbonyl (C=O) groups is 1. The summed E-state index contributed by atoms with van der Waals surface area (Å²) in [5, 5.41) is 0. The Hall–Kier alpha value is -4.88. The zero-order chi connectivity index (χ0) is 36.0. The second-order valence-electron chi connectivity index (χ2n) is 15.2. The van der Waals surface area contributed by atoms with E-state index in [2.05, 4.69) is 107 Å². The molecule has 1 aliphatic heterocycles. The van der Waals surface area contributed by atoms with Gasteiger partial charge < -0.3 is 9.47 Å². The number of hydrogen-bond acceptors (Lipinski definition) is 5. The topological polar surface area (TPSA) is 67.2 Å². The molecule has 2 aliphatic rings. The van der Waals surface area contributed by atoms with E-state index in [-0.39, 0.29) is 11.9 Å². The maximum atomic E-state index is 14.3. The van der Waals surface area contributed by atoms with Gasteiger partial charge in [-0.3, -0.25) is 19.7 Å². The predicted octanol–water partition coefficient (Wildman–Crippen LogP) is 9.04. The number of carbonyl (C=O) groups excluding carboxylic acids is 1. The summed E-state index contributed by atoms with van der Waals surface area (Å²) in [6, 6.07) is 25.4. The highest BCUT2D eigenvalue weighted by atomic mass is 16.2. The predicted molar refractivity (Wildman–Crippen MR) is 211 cm³/mol. The van der Waals surface area contributed by atoms with Crippen molar-refractivity contribution in [2.45, 2.75) is 78.8 Å². The third-order valence-corrected chi connectivity index (χ3v) is 10.9. The smallest absolute Gasteiger partial charge is 0.258 e. The van der Waals surface area contributed by atoms with Gasteiger partial charge in [0.05, 0.1) is 17.4 Å². The number of likely N-dealkylation sites (tertiary alicyclic amines) is 1. The first-order chi connectivity index (χ1) is 25.3. The highest BCUT2D eigenvalue weighted by Crippen LogP contribution is 2.33. The lowest BCUT2D eigenvalue weighted by Crippen LogP contribution is -2.41. The van der Waals surface area contributed by atoms with Crippen molar-refractivity contribution in [3.63, 3.8) is 0 Å². The minimum Gasteiger partial charge on any atom is -0.324 e. The van der Waals surface area contributed by atoms with Crippen LogP contribution in [0.5, 0.6) is 0 Å². The van der Waals surface area contributed by atoms with Crippen molar-refractivity contribution in [1.29, 1.82) is 0 Å². The van der Waals surface area contributed by atoms with Gasteiger partial charge >= 0.3 is 0 Å². The summed E-state index contributed by atoms with van der Waals surface area (Å²) in [6.07, 6.45) is 16.6. The molecule has 2 aromatic carbocycles. The first kappa shape index (κ1) is 35.5. The van der Waals surface area contributed by atoms with Crippen LogP contribution in [0, 0.1) is 25.7 Å². The number of aromatic nitrogens is 4. The van der Waals surface area contributed by atoms with Gasteiger partial charge in [0.2, 0.25) is 0 Å². The van der Waals surface area contributed by atoms with Crippen molar-refractivity contribution < 1.29 is 4.79 Å². The molecular weight excluding hydrogens is 641 g/mol. The van der Waals surface area contributed by atoms with Crippen molar-refractivity contribution in [3.8, 4) is 0 Å². The molecule has 2 atom stereocenters. The van der Waals surface area contributed by atoms with Crippen molar-refractivity contribution in [1.82, 2.24) is 29.3 Å². The highest BCUT2D eigenvalue weighted by molar-refractivity contribution is 5.95. The van der Waals surface area contributed by atoms with Crippen LogP contribution in [0.2, 0.25) is 0 Å². The van der Waals surface area contributed by atoms with Crippen LogP contribution < -0.4 is 0 Å². The highest BCUT2D eigenvalue weighted by Gasteiger charge is 2.30. The fraction of sp³-hybridized carbons (Fsp3) is 0.378. The first-order valence-corrected chi connectivity index (χ1v) is 19.1. The standard InChI is InChI=1S/C45H52N6O/c1-32-12-16-37(17-13-32)41(21-26-49-23-5-6-24-49)42-11-7-9-39(48-42)10-8-25-50(40-28-33(2)27-34(3)29-40)45(52)38-18-14-36(15-19-38)31-51-35(4)47-43-30-46-22-20-44(43)51/h7-9,11-22,25,30,33-34,40H,5-6,10,23-24,26-29,31H2,1-4H3. The summed E-state index contributed by atoms with van der Waals surface area (Å²) in [5.74, 6) is 2.16. The average molecular weight is 693 g/mol. The van der Waals surface area contributed by atoms with E-state index < -0.39 is 0 Å². The fourth-order valence-corrected chi connectivity index (χ4v) is 8.19. The van der Waals surface area contributed by atoms with Crippen LogP contribution in [0.4, 0.5) is 0 Å². The van der Waals surface area contributed by atoms with Crippen molar-refractivity contribution >= 4 is 22.5 Å². The van der Waals surface area contributed by atoms with Crippen LogP contribution in [0.15, 0.2) is 104 Å². The number of rotatable bonds is 11. The quantitative estimate of drug-likeness (QED) is 0.138. The Morgan fingerprint density at radius 1 is 0.865 bits per heavy atom. The molecule has 2 fully saturated rings. The van der Waals surface area contributed by atoms with E-state index in [1.54, 1.807) is 12.4 Å². The van der Waals surface area contributed by atoms with Crippen molar-refractivity contribution in [3.05, 3.63) is 143 Å². The number of imidazole rings is 1. The largest absolute Gasteiger partial charge is 0.324 e. The monoisotopic (exact) mass is 692 g/mol. The summed E-state index contributed by atoms with van der Waals surface area (Å²) in [5.41, 5.74) is 9.41. The molecule has 7 nitrogen and oxygen atoms in total.